The third-order valence-corrected chi connectivity index (χ3v) is 6.92. The Morgan fingerprint density at radius 1 is 1.10 bits per heavy atom. The van der Waals surface area contributed by atoms with Crippen LogP contribution in [-0.2, 0) is 0 Å². The Hall–Kier alpha value is -4.32. The molecule has 4 heterocycles. The molecular formula is C27H28F2N8O2. The predicted molar refractivity (Wildman–Crippen MR) is 143 cm³/mol. The van der Waals surface area contributed by atoms with Crippen LogP contribution in [0.4, 0.5) is 26.1 Å². The van der Waals surface area contributed by atoms with Crippen LogP contribution in [0.2, 0.25) is 0 Å². The summed E-state index contributed by atoms with van der Waals surface area (Å²) in [6.07, 6.45) is 4.67. The highest BCUT2D eigenvalue weighted by Crippen LogP contribution is 2.35. The molecule has 202 valence electrons. The number of hydrogen-bond acceptors (Lipinski definition) is 8. The van der Waals surface area contributed by atoms with Gasteiger partial charge in [0, 0.05) is 49.4 Å². The first-order valence-electron chi connectivity index (χ1n) is 12.8. The zero-order chi connectivity index (χ0) is 27.1. The van der Waals surface area contributed by atoms with Crippen molar-refractivity contribution in [2.45, 2.75) is 25.8 Å². The van der Waals surface area contributed by atoms with Gasteiger partial charge in [0.15, 0.2) is 23.2 Å². The molecule has 3 aromatic heterocycles. The van der Waals surface area contributed by atoms with Crippen LogP contribution >= 0.6 is 0 Å². The molecule has 1 aliphatic carbocycles. The number of amides is 1. The van der Waals surface area contributed by atoms with Crippen molar-refractivity contribution in [1.82, 2.24) is 30.2 Å². The normalized spacial score (nSPS) is 15.9. The average Bonchev–Trinajstić information content (AvgIpc) is 3.65. The fourth-order valence-corrected chi connectivity index (χ4v) is 4.58. The summed E-state index contributed by atoms with van der Waals surface area (Å²) in [7, 11) is 2.10. The molecular weight excluding hydrogens is 506 g/mol. The maximum Gasteiger partial charge on any atom is 0.260 e. The van der Waals surface area contributed by atoms with Crippen LogP contribution in [0, 0.1) is 18.6 Å². The number of fused-ring (bicyclic) bond motifs is 1. The molecule has 3 N–H and O–H groups in total. The van der Waals surface area contributed by atoms with Gasteiger partial charge in [0.1, 0.15) is 17.7 Å². The predicted octanol–water partition coefficient (Wildman–Crippen LogP) is 4.12. The zero-order valence-electron chi connectivity index (χ0n) is 21.6. The van der Waals surface area contributed by atoms with Gasteiger partial charge in [-0.25, -0.2) is 23.7 Å². The largest absolute Gasteiger partial charge is 0.435 e. The minimum Gasteiger partial charge on any atom is -0.435 e. The number of pyridine rings is 1. The second-order valence-corrected chi connectivity index (χ2v) is 9.98. The first kappa shape index (κ1) is 25.0. The van der Waals surface area contributed by atoms with E-state index >= 15 is 4.39 Å². The van der Waals surface area contributed by atoms with E-state index in [0.29, 0.717) is 11.5 Å². The van der Waals surface area contributed by atoms with Crippen LogP contribution in [0.15, 0.2) is 36.8 Å². The summed E-state index contributed by atoms with van der Waals surface area (Å²) < 4.78 is 35.7. The lowest BCUT2D eigenvalue weighted by atomic mass is 10.2. The number of piperazine rings is 1. The van der Waals surface area contributed by atoms with Gasteiger partial charge in [-0.05, 0) is 45.0 Å². The van der Waals surface area contributed by atoms with E-state index in [1.165, 1.54) is 12.4 Å². The van der Waals surface area contributed by atoms with Gasteiger partial charge in [0.2, 0.25) is 5.88 Å². The Balaban J connectivity index is 1.31. The number of carbonyl (C=O) groups is 1. The number of nitrogens with zero attached hydrogens (tertiary/aromatic N) is 5. The molecule has 39 heavy (non-hydrogen) atoms. The summed E-state index contributed by atoms with van der Waals surface area (Å²) in [5.41, 5.74) is 1.61. The lowest BCUT2D eigenvalue weighted by molar-refractivity contribution is 0.0948. The van der Waals surface area contributed by atoms with Gasteiger partial charge in [-0.2, -0.15) is 0 Å². The maximum atomic E-state index is 15.3. The summed E-state index contributed by atoms with van der Waals surface area (Å²) in [4.78, 5) is 33.4. The summed E-state index contributed by atoms with van der Waals surface area (Å²) in [6, 6.07) is 6.22. The van der Waals surface area contributed by atoms with Crippen molar-refractivity contribution < 1.29 is 18.3 Å². The number of halogens is 2. The number of carbonyl (C=O) groups excluding carboxylic acids is 1. The lowest BCUT2D eigenvalue weighted by Crippen LogP contribution is -2.44. The number of anilines is 3. The Labute approximate surface area is 223 Å². The molecule has 1 amide bonds. The van der Waals surface area contributed by atoms with Gasteiger partial charge in [-0.1, -0.05) is 0 Å². The summed E-state index contributed by atoms with van der Waals surface area (Å²) in [5, 5.41) is 6.01. The summed E-state index contributed by atoms with van der Waals surface area (Å²) in [5.74, 6) is -1.93. The molecule has 1 aromatic carbocycles. The Morgan fingerprint density at radius 3 is 2.62 bits per heavy atom. The SMILES string of the molecule is Cc1cc2c(F)c(Oc3ncnc(Nc4ccc(N5CCN(C)CC5)cn4)c3C(=O)NC3CC3)cc(F)c2[nH]1. The molecule has 6 rings (SSSR count). The van der Waals surface area contributed by atoms with E-state index in [1.807, 2.05) is 6.07 Å². The monoisotopic (exact) mass is 534 g/mol. The Bertz CT molecular complexity index is 1530. The van der Waals surface area contributed by atoms with Gasteiger partial charge >= 0.3 is 0 Å². The van der Waals surface area contributed by atoms with E-state index in [4.69, 9.17) is 4.74 Å². The molecule has 0 unspecified atom stereocenters. The fraction of sp³-hybridized carbons (Fsp3) is 0.333. The first-order chi connectivity index (χ1) is 18.9. The highest BCUT2D eigenvalue weighted by Gasteiger charge is 2.29. The lowest BCUT2D eigenvalue weighted by Gasteiger charge is -2.33. The number of rotatable bonds is 7. The van der Waals surface area contributed by atoms with Gasteiger partial charge in [0.05, 0.1) is 17.4 Å². The molecule has 2 fully saturated rings. The number of hydrogen-bond donors (Lipinski definition) is 3. The van der Waals surface area contributed by atoms with E-state index in [0.717, 1.165) is 50.8 Å². The number of H-pyrrole nitrogens is 1. The minimum absolute atomic E-state index is 0.0282. The molecule has 10 nitrogen and oxygen atoms in total. The molecule has 2 aliphatic rings. The second-order valence-electron chi connectivity index (χ2n) is 9.98. The molecule has 0 atom stereocenters. The highest BCUT2D eigenvalue weighted by atomic mass is 19.1. The minimum atomic E-state index is -0.765. The molecule has 0 bridgehead atoms. The first-order valence-corrected chi connectivity index (χ1v) is 12.8. The van der Waals surface area contributed by atoms with Crippen LogP contribution in [0.1, 0.15) is 28.9 Å². The summed E-state index contributed by atoms with van der Waals surface area (Å²) in [6.45, 7) is 5.48. The van der Waals surface area contributed by atoms with Crippen LogP contribution in [0.3, 0.4) is 0 Å². The van der Waals surface area contributed by atoms with E-state index in [9.17, 15) is 9.18 Å². The van der Waals surface area contributed by atoms with Crippen LogP contribution < -0.4 is 20.3 Å². The highest BCUT2D eigenvalue weighted by molar-refractivity contribution is 6.01. The molecule has 1 saturated heterocycles. The number of aryl methyl sites for hydroxylation is 1. The van der Waals surface area contributed by atoms with Crippen molar-refractivity contribution >= 4 is 34.1 Å². The number of likely N-dealkylation sites (N-methyl/N-ethyl adjacent to an activating group) is 1. The van der Waals surface area contributed by atoms with Crippen molar-refractivity contribution in [3.8, 4) is 11.6 Å². The molecule has 0 radical (unpaired) electrons. The van der Waals surface area contributed by atoms with Gasteiger partial charge in [-0.3, -0.25) is 4.79 Å². The molecule has 1 aliphatic heterocycles. The maximum absolute atomic E-state index is 15.3. The number of benzene rings is 1. The third kappa shape index (κ3) is 5.19. The smallest absolute Gasteiger partial charge is 0.260 e. The van der Waals surface area contributed by atoms with Crippen molar-refractivity contribution in [2.75, 3.05) is 43.4 Å². The van der Waals surface area contributed by atoms with E-state index in [2.05, 4.69) is 47.4 Å². The van der Waals surface area contributed by atoms with Crippen LogP contribution in [0.5, 0.6) is 11.6 Å². The van der Waals surface area contributed by atoms with E-state index < -0.39 is 23.3 Å². The van der Waals surface area contributed by atoms with Crippen LogP contribution in [-0.4, -0.2) is 70.0 Å². The number of aromatic amines is 1. The van der Waals surface area contributed by atoms with Crippen molar-refractivity contribution in [3.63, 3.8) is 0 Å². The average molecular weight is 535 g/mol. The fourth-order valence-electron chi connectivity index (χ4n) is 4.58. The topological polar surface area (TPSA) is 111 Å². The quantitative estimate of drug-likeness (QED) is 0.325. The van der Waals surface area contributed by atoms with Crippen LogP contribution in [0.25, 0.3) is 10.9 Å². The molecule has 12 heteroatoms. The Morgan fingerprint density at radius 2 is 1.90 bits per heavy atom. The van der Waals surface area contributed by atoms with Gasteiger partial charge in [0.25, 0.3) is 5.91 Å². The van der Waals surface area contributed by atoms with Gasteiger partial charge in [-0.15, -0.1) is 0 Å². The standard InChI is InChI=1S/C27H28F2N8O2/c1-15-11-18-23(29)20(12-19(28)24(18)33-15)39-27-22(26(38)34-16-3-4-16)25(31-14-32-27)35-21-6-5-17(13-30-21)37-9-7-36(2)8-10-37/h5-6,11-14,16,33H,3-4,7-10H2,1-2H3,(H,34,38)(H,30,31,32,35). The summed E-state index contributed by atoms with van der Waals surface area (Å²) >= 11 is 0. The second kappa shape index (κ2) is 10.1. The molecule has 1 saturated carbocycles. The van der Waals surface area contributed by atoms with Crippen molar-refractivity contribution in [1.29, 1.82) is 0 Å². The van der Waals surface area contributed by atoms with E-state index in [-0.39, 0.29) is 34.2 Å². The molecule has 0 spiro atoms. The number of nitrogens with one attached hydrogen (secondary N) is 3. The van der Waals surface area contributed by atoms with E-state index in [1.54, 1.807) is 19.2 Å². The van der Waals surface area contributed by atoms with Crippen molar-refractivity contribution in [2.24, 2.45) is 0 Å². The third-order valence-electron chi connectivity index (χ3n) is 6.92. The Kier molecular flexibility index (Phi) is 6.47. The number of ether oxygens (including phenoxy) is 1. The van der Waals surface area contributed by atoms with Crippen molar-refractivity contribution in [3.05, 3.63) is 59.7 Å². The molecule has 4 aromatic rings. The van der Waals surface area contributed by atoms with Gasteiger partial charge < -0.3 is 30.2 Å². The zero-order valence-corrected chi connectivity index (χ0v) is 21.6. The number of aromatic nitrogens is 4.